The minimum Gasteiger partial charge on any atom is -0.354 e. The number of aromatic nitrogens is 1. The van der Waals surface area contributed by atoms with Crippen LogP contribution in [0, 0.1) is 0 Å². The van der Waals surface area contributed by atoms with Gasteiger partial charge in [-0.05, 0) is 76.3 Å². The standard InChI is InChI=1S/C48H32N2S/c1-3-13-32(14-4-1)34-17-11-19-37(29-34)50(38-20-12-18-35(30-38)33-15-5-2-6-16-33)44-28-27-39(48-47(44)42-22-7-9-23-43(42)49-48)36-25-26-41-40-21-8-10-24-45(40)51-46(41)31-36/h1-31,49H. The molecule has 2 nitrogen and oxygen atoms in total. The maximum atomic E-state index is 3.87. The molecule has 240 valence electrons. The van der Waals surface area contributed by atoms with Gasteiger partial charge in [-0.3, -0.25) is 0 Å². The molecule has 8 aromatic carbocycles. The highest BCUT2D eigenvalue weighted by molar-refractivity contribution is 7.25. The monoisotopic (exact) mass is 668 g/mol. The molecule has 0 aliphatic heterocycles. The van der Waals surface area contributed by atoms with Gasteiger partial charge in [0.2, 0.25) is 0 Å². The second-order valence-corrected chi connectivity index (χ2v) is 14.1. The van der Waals surface area contributed by atoms with Crippen LogP contribution in [0.15, 0.2) is 188 Å². The lowest BCUT2D eigenvalue weighted by atomic mass is 9.98. The molecule has 0 bridgehead atoms. The summed E-state index contributed by atoms with van der Waals surface area (Å²) in [6.07, 6.45) is 0. The molecular formula is C48H32N2S. The largest absolute Gasteiger partial charge is 0.354 e. The van der Waals surface area contributed by atoms with Crippen molar-refractivity contribution in [1.29, 1.82) is 0 Å². The van der Waals surface area contributed by atoms with Crippen LogP contribution in [0.5, 0.6) is 0 Å². The van der Waals surface area contributed by atoms with Crippen molar-refractivity contribution in [2.75, 3.05) is 4.90 Å². The van der Waals surface area contributed by atoms with Crippen LogP contribution in [0.3, 0.4) is 0 Å². The molecule has 0 fully saturated rings. The smallest absolute Gasteiger partial charge is 0.0565 e. The van der Waals surface area contributed by atoms with E-state index in [4.69, 9.17) is 0 Å². The lowest BCUT2D eigenvalue weighted by Crippen LogP contribution is -2.11. The first-order chi connectivity index (χ1) is 25.3. The summed E-state index contributed by atoms with van der Waals surface area (Å²) in [5.41, 5.74) is 12.8. The minimum atomic E-state index is 1.10. The van der Waals surface area contributed by atoms with E-state index in [0.717, 1.165) is 28.1 Å². The topological polar surface area (TPSA) is 19.0 Å². The zero-order valence-corrected chi connectivity index (χ0v) is 28.6. The average Bonchev–Trinajstić information content (AvgIpc) is 3.78. The van der Waals surface area contributed by atoms with E-state index in [1.165, 1.54) is 64.3 Å². The molecule has 0 amide bonds. The highest BCUT2D eigenvalue weighted by Crippen LogP contribution is 2.46. The number of rotatable bonds is 6. The third-order valence-electron chi connectivity index (χ3n) is 9.99. The fraction of sp³-hybridized carbons (Fsp3) is 0. The predicted molar refractivity (Wildman–Crippen MR) is 220 cm³/mol. The van der Waals surface area contributed by atoms with Crippen LogP contribution in [-0.2, 0) is 0 Å². The quantitative estimate of drug-likeness (QED) is 0.187. The maximum absolute atomic E-state index is 3.87. The van der Waals surface area contributed by atoms with Gasteiger partial charge in [0.15, 0.2) is 0 Å². The van der Waals surface area contributed by atoms with Crippen LogP contribution in [0.4, 0.5) is 17.1 Å². The first-order valence-electron chi connectivity index (χ1n) is 17.3. The van der Waals surface area contributed by atoms with Crippen LogP contribution in [-0.4, -0.2) is 4.98 Å². The Kier molecular flexibility index (Phi) is 7.04. The van der Waals surface area contributed by atoms with Crippen molar-refractivity contribution in [3.8, 4) is 33.4 Å². The minimum absolute atomic E-state index is 1.10. The van der Waals surface area contributed by atoms with Gasteiger partial charge in [0.25, 0.3) is 0 Å². The van der Waals surface area contributed by atoms with Crippen LogP contribution >= 0.6 is 11.3 Å². The number of H-pyrrole nitrogens is 1. The number of fused-ring (bicyclic) bond motifs is 6. The average molecular weight is 669 g/mol. The Morgan fingerprint density at radius 3 is 1.69 bits per heavy atom. The van der Waals surface area contributed by atoms with Gasteiger partial charge in [-0.15, -0.1) is 11.3 Å². The van der Waals surface area contributed by atoms with Crippen molar-refractivity contribution < 1.29 is 0 Å². The molecule has 0 saturated carbocycles. The highest BCUT2D eigenvalue weighted by Gasteiger charge is 2.22. The molecule has 1 N–H and O–H groups in total. The molecule has 0 aliphatic carbocycles. The third kappa shape index (κ3) is 5.10. The van der Waals surface area contributed by atoms with Gasteiger partial charge in [0.05, 0.1) is 11.2 Å². The third-order valence-corrected chi connectivity index (χ3v) is 11.1. The molecule has 0 saturated heterocycles. The number of nitrogens with one attached hydrogen (secondary N) is 1. The summed E-state index contributed by atoms with van der Waals surface area (Å²) in [5.74, 6) is 0. The van der Waals surface area contributed by atoms with Crippen LogP contribution in [0.25, 0.3) is 75.4 Å². The van der Waals surface area contributed by atoms with E-state index in [9.17, 15) is 0 Å². The summed E-state index contributed by atoms with van der Waals surface area (Å²) >= 11 is 1.86. The van der Waals surface area contributed by atoms with Crippen molar-refractivity contribution in [2.45, 2.75) is 0 Å². The molecule has 2 heterocycles. The Morgan fingerprint density at radius 2 is 0.980 bits per heavy atom. The first-order valence-corrected chi connectivity index (χ1v) is 18.2. The van der Waals surface area contributed by atoms with E-state index >= 15 is 0 Å². The lowest BCUT2D eigenvalue weighted by molar-refractivity contribution is 1.30. The van der Waals surface area contributed by atoms with Gasteiger partial charge in [-0.25, -0.2) is 0 Å². The molecule has 0 radical (unpaired) electrons. The van der Waals surface area contributed by atoms with E-state index in [1.54, 1.807) is 0 Å². The molecular weight excluding hydrogens is 637 g/mol. The second kappa shape index (κ2) is 12.2. The van der Waals surface area contributed by atoms with E-state index < -0.39 is 0 Å². The highest BCUT2D eigenvalue weighted by atomic mass is 32.1. The van der Waals surface area contributed by atoms with Gasteiger partial charge < -0.3 is 9.88 Å². The Hall–Kier alpha value is -6.42. The second-order valence-electron chi connectivity index (χ2n) is 13.0. The lowest BCUT2D eigenvalue weighted by Gasteiger charge is -2.28. The molecule has 51 heavy (non-hydrogen) atoms. The Labute approximate surface area is 300 Å². The van der Waals surface area contributed by atoms with E-state index in [1.807, 2.05) is 11.3 Å². The molecule has 0 atom stereocenters. The van der Waals surface area contributed by atoms with Crippen molar-refractivity contribution >= 4 is 70.4 Å². The summed E-state index contributed by atoms with van der Waals surface area (Å²) in [5, 5.41) is 5.04. The summed E-state index contributed by atoms with van der Waals surface area (Å²) in [6, 6.07) is 68.1. The molecule has 2 aromatic heterocycles. The fourth-order valence-electron chi connectivity index (χ4n) is 7.60. The number of hydrogen-bond donors (Lipinski definition) is 1. The van der Waals surface area contributed by atoms with E-state index in [0.29, 0.717) is 0 Å². The van der Waals surface area contributed by atoms with Gasteiger partial charge >= 0.3 is 0 Å². The Morgan fingerprint density at radius 1 is 0.392 bits per heavy atom. The summed E-state index contributed by atoms with van der Waals surface area (Å²) in [4.78, 5) is 6.30. The zero-order chi connectivity index (χ0) is 33.7. The molecule has 0 aliphatic rings. The number of anilines is 3. The van der Waals surface area contributed by atoms with Crippen LogP contribution in [0.2, 0.25) is 0 Å². The first kappa shape index (κ1) is 29.5. The summed E-state index contributed by atoms with van der Waals surface area (Å²) in [7, 11) is 0. The van der Waals surface area contributed by atoms with Crippen LogP contribution < -0.4 is 4.90 Å². The molecule has 0 spiro atoms. The van der Waals surface area contributed by atoms with Crippen molar-refractivity contribution in [1.82, 2.24) is 4.98 Å². The number of aromatic amines is 1. The van der Waals surface area contributed by atoms with Gasteiger partial charge in [0, 0.05) is 53.4 Å². The molecule has 10 rings (SSSR count). The van der Waals surface area contributed by atoms with Crippen LogP contribution in [0.1, 0.15) is 0 Å². The van der Waals surface area contributed by atoms with E-state index in [2.05, 4.69) is 198 Å². The van der Waals surface area contributed by atoms with E-state index in [-0.39, 0.29) is 0 Å². The SMILES string of the molecule is c1ccc(-c2cccc(N(c3cccc(-c4ccccc4)c3)c3ccc(-c4ccc5c(c4)sc4ccccc45)c4[nH]c5ccccc5c34)c2)cc1. The Balaban J connectivity index is 1.22. The number of nitrogens with zero attached hydrogens (tertiary/aromatic N) is 1. The normalized spacial score (nSPS) is 11.5. The number of thiophene rings is 1. The Bertz CT molecular complexity index is 2780. The fourth-order valence-corrected chi connectivity index (χ4v) is 8.74. The molecule has 3 heteroatoms. The summed E-state index contributed by atoms with van der Waals surface area (Å²) in [6.45, 7) is 0. The molecule has 0 unspecified atom stereocenters. The molecule has 10 aromatic rings. The maximum Gasteiger partial charge on any atom is 0.0565 e. The number of benzene rings is 8. The van der Waals surface area contributed by atoms with Gasteiger partial charge in [-0.1, -0.05) is 140 Å². The van der Waals surface area contributed by atoms with Crippen molar-refractivity contribution in [3.05, 3.63) is 188 Å². The predicted octanol–water partition coefficient (Wildman–Crippen LogP) is 14.2. The summed E-state index contributed by atoms with van der Waals surface area (Å²) < 4.78 is 2.63. The van der Waals surface area contributed by atoms with Gasteiger partial charge in [-0.2, -0.15) is 0 Å². The number of hydrogen-bond acceptors (Lipinski definition) is 2. The van der Waals surface area contributed by atoms with Gasteiger partial charge in [0.1, 0.15) is 0 Å². The number of para-hydroxylation sites is 1. The van der Waals surface area contributed by atoms with Crippen molar-refractivity contribution in [2.24, 2.45) is 0 Å². The zero-order valence-electron chi connectivity index (χ0n) is 27.8. The van der Waals surface area contributed by atoms with Crippen molar-refractivity contribution in [3.63, 3.8) is 0 Å².